The van der Waals surface area contributed by atoms with Crippen LogP contribution in [0.1, 0.15) is 13.8 Å². The fourth-order valence-electron chi connectivity index (χ4n) is 1.77. The van der Waals surface area contributed by atoms with Crippen molar-refractivity contribution in [2.24, 2.45) is 0 Å². The summed E-state index contributed by atoms with van der Waals surface area (Å²) >= 11 is 5.67. The number of rotatable bonds is 7. The third-order valence-corrected chi connectivity index (χ3v) is 4.99. The van der Waals surface area contributed by atoms with Crippen molar-refractivity contribution in [2.75, 3.05) is 19.6 Å². The van der Waals surface area contributed by atoms with Crippen LogP contribution in [0.4, 0.5) is 5.69 Å². The second-order valence-corrected chi connectivity index (χ2v) is 6.60. The molecule has 0 spiro atoms. The first-order valence-electron chi connectivity index (χ1n) is 6.44. The molecule has 0 fully saturated rings. The Morgan fingerprint density at radius 3 is 2.55 bits per heavy atom. The summed E-state index contributed by atoms with van der Waals surface area (Å²) in [5, 5.41) is 13.6. The predicted molar refractivity (Wildman–Crippen MR) is 81.2 cm³/mol. The van der Waals surface area contributed by atoms with E-state index in [-0.39, 0.29) is 11.6 Å². The quantitative estimate of drug-likeness (QED) is 0.591. The Kier molecular flexibility index (Phi) is 6.27. The minimum absolute atomic E-state index is 0.000746. The molecule has 0 bridgehead atoms. The molecule has 1 amide bonds. The Hall–Kier alpha value is -1.71. The first-order chi connectivity index (χ1) is 10.2. The molecule has 0 saturated carbocycles. The highest BCUT2D eigenvalue weighted by Crippen LogP contribution is 2.29. The minimum atomic E-state index is -4.18. The van der Waals surface area contributed by atoms with E-state index in [1.54, 1.807) is 13.8 Å². The Morgan fingerprint density at radius 2 is 2.05 bits per heavy atom. The van der Waals surface area contributed by atoms with Gasteiger partial charge in [0, 0.05) is 24.2 Å². The lowest BCUT2D eigenvalue weighted by molar-refractivity contribution is -0.387. The van der Waals surface area contributed by atoms with Crippen LogP contribution < -0.4 is 5.32 Å². The first kappa shape index (κ1) is 18.3. The highest BCUT2D eigenvalue weighted by atomic mass is 35.5. The topological polar surface area (TPSA) is 110 Å². The smallest absolute Gasteiger partial charge is 0.290 e. The number of nitrogens with one attached hydrogen (secondary N) is 1. The molecular weight excluding hydrogens is 334 g/mol. The van der Waals surface area contributed by atoms with E-state index >= 15 is 0 Å². The maximum Gasteiger partial charge on any atom is 0.290 e. The summed E-state index contributed by atoms with van der Waals surface area (Å²) in [5.41, 5.74) is -0.623. The molecular formula is C12H16ClN3O5S. The molecule has 0 atom stereocenters. The third kappa shape index (κ3) is 4.15. The van der Waals surface area contributed by atoms with Gasteiger partial charge in [-0.3, -0.25) is 14.9 Å². The molecule has 0 aliphatic rings. The molecule has 0 aromatic heterocycles. The van der Waals surface area contributed by atoms with Gasteiger partial charge in [-0.2, -0.15) is 4.31 Å². The molecule has 10 heteroatoms. The van der Waals surface area contributed by atoms with Crippen molar-refractivity contribution in [3.8, 4) is 0 Å². The maximum absolute atomic E-state index is 12.5. The molecule has 0 aliphatic heterocycles. The first-order valence-corrected chi connectivity index (χ1v) is 8.26. The number of halogens is 1. The molecule has 0 aliphatic carbocycles. The fourth-order valence-corrected chi connectivity index (χ4v) is 3.48. The van der Waals surface area contributed by atoms with Crippen molar-refractivity contribution < 1.29 is 18.1 Å². The van der Waals surface area contributed by atoms with Crippen molar-refractivity contribution in [1.82, 2.24) is 9.62 Å². The molecule has 22 heavy (non-hydrogen) atoms. The van der Waals surface area contributed by atoms with Crippen LogP contribution in [0.5, 0.6) is 0 Å². The number of nitro benzene ring substituents is 1. The summed E-state index contributed by atoms with van der Waals surface area (Å²) in [4.78, 5) is 21.3. The maximum atomic E-state index is 12.5. The molecule has 0 heterocycles. The van der Waals surface area contributed by atoms with Crippen LogP contribution >= 0.6 is 11.6 Å². The molecule has 0 radical (unpaired) electrons. The Labute approximate surface area is 133 Å². The molecule has 1 N–H and O–H groups in total. The number of nitrogens with zero attached hydrogens (tertiary/aromatic N) is 2. The summed E-state index contributed by atoms with van der Waals surface area (Å²) in [6.07, 6.45) is 0. The van der Waals surface area contributed by atoms with Gasteiger partial charge in [-0.05, 0) is 19.1 Å². The van der Waals surface area contributed by atoms with E-state index < -0.39 is 38.0 Å². The highest BCUT2D eigenvalue weighted by molar-refractivity contribution is 7.89. The predicted octanol–water partition coefficient (Wildman–Crippen LogP) is 1.39. The van der Waals surface area contributed by atoms with Gasteiger partial charge in [-0.1, -0.05) is 18.5 Å². The number of likely N-dealkylation sites (N-methyl/N-ethyl adjacent to an activating group) is 2. The molecule has 1 rings (SSSR count). The van der Waals surface area contributed by atoms with Crippen molar-refractivity contribution in [3.63, 3.8) is 0 Å². The zero-order valence-electron chi connectivity index (χ0n) is 12.1. The zero-order valence-corrected chi connectivity index (χ0v) is 13.6. The van der Waals surface area contributed by atoms with Gasteiger partial charge in [0.2, 0.25) is 15.9 Å². The third-order valence-electron chi connectivity index (χ3n) is 2.78. The number of nitro groups is 1. The van der Waals surface area contributed by atoms with E-state index in [4.69, 9.17) is 11.6 Å². The fraction of sp³-hybridized carbons (Fsp3) is 0.417. The monoisotopic (exact) mass is 349 g/mol. The number of sulfonamides is 1. The van der Waals surface area contributed by atoms with Gasteiger partial charge in [0.05, 0.1) is 11.5 Å². The number of carbonyl (C=O) groups is 1. The molecule has 1 aromatic rings. The number of amides is 1. The number of carbonyl (C=O) groups excluding carboxylic acids is 1. The standard InChI is InChI=1S/C12H16ClN3O5S/c1-3-14-12(17)8-15(4-2)22(20,21)11-6-5-9(13)7-10(11)16(18)19/h5-7H,3-4,8H2,1-2H3,(H,14,17). The highest BCUT2D eigenvalue weighted by Gasteiger charge is 2.32. The van der Waals surface area contributed by atoms with E-state index in [1.165, 1.54) is 6.07 Å². The Morgan fingerprint density at radius 1 is 1.41 bits per heavy atom. The van der Waals surface area contributed by atoms with E-state index in [0.717, 1.165) is 16.4 Å². The largest absolute Gasteiger partial charge is 0.355 e. The van der Waals surface area contributed by atoms with Crippen LogP contribution in [0.25, 0.3) is 0 Å². The SMILES string of the molecule is CCNC(=O)CN(CC)S(=O)(=O)c1ccc(Cl)cc1[N+](=O)[O-]. The van der Waals surface area contributed by atoms with E-state index in [9.17, 15) is 23.3 Å². The van der Waals surface area contributed by atoms with Gasteiger partial charge in [-0.25, -0.2) is 8.42 Å². The minimum Gasteiger partial charge on any atom is -0.355 e. The summed E-state index contributed by atoms with van der Waals surface area (Å²) in [6, 6.07) is 3.28. The normalized spacial score (nSPS) is 11.5. The van der Waals surface area contributed by atoms with Crippen molar-refractivity contribution in [1.29, 1.82) is 0 Å². The Bertz CT molecular complexity index is 677. The summed E-state index contributed by atoms with van der Waals surface area (Å²) < 4.78 is 25.9. The second kappa shape index (κ2) is 7.52. The van der Waals surface area contributed by atoms with Gasteiger partial charge in [0.1, 0.15) is 0 Å². The van der Waals surface area contributed by atoms with Gasteiger partial charge >= 0.3 is 0 Å². The average molecular weight is 350 g/mol. The van der Waals surface area contributed by atoms with Gasteiger partial charge in [0.25, 0.3) is 5.69 Å². The van der Waals surface area contributed by atoms with E-state index in [0.29, 0.717) is 6.54 Å². The lowest BCUT2D eigenvalue weighted by atomic mass is 10.3. The Balaban J connectivity index is 3.27. The van der Waals surface area contributed by atoms with Crippen LogP contribution in [0, 0.1) is 10.1 Å². The number of hydrogen-bond acceptors (Lipinski definition) is 5. The lowest BCUT2D eigenvalue weighted by Gasteiger charge is -2.19. The summed E-state index contributed by atoms with van der Waals surface area (Å²) in [7, 11) is -4.18. The lowest BCUT2D eigenvalue weighted by Crippen LogP contribution is -2.40. The zero-order chi connectivity index (χ0) is 16.9. The van der Waals surface area contributed by atoms with Crippen molar-refractivity contribution in [2.45, 2.75) is 18.7 Å². The molecule has 0 saturated heterocycles. The van der Waals surface area contributed by atoms with E-state index in [1.807, 2.05) is 0 Å². The molecule has 8 nitrogen and oxygen atoms in total. The van der Waals surface area contributed by atoms with Crippen LogP contribution in [0.3, 0.4) is 0 Å². The van der Waals surface area contributed by atoms with Crippen LogP contribution in [0.2, 0.25) is 5.02 Å². The summed E-state index contributed by atoms with van der Waals surface area (Å²) in [6.45, 7) is 3.19. The van der Waals surface area contributed by atoms with Gasteiger partial charge in [0.15, 0.2) is 4.90 Å². The molecule has 122 valence electrons. The number of benzene rings is 1. The molecule has 0 unspecified atom stereocenters. The van der Waals surface area contributed by atoms with Crippen molar-refractivity contribution in [3.05, 3.63) is 33.3 Å². The molecule has 1 aromatic carbocycles. The van der Waals surface area contributed by atoms with Crippen LogP contribution in [-0.4, -0.2) is 43.2 Å². The second-order valence-electron chi connectivity index (χ2n) is 4.25. The number of hydrogen-bond donors (Lipinski definition) is 1. The van der Waals surface area contributed by atoms with Crippen LogP contribution in [-0.2, 0) is 14.8 Å². The van der Waals surface area contributed by atoms with Crippen LogP contribution in [0.15, 0.2) is 23.1 Å². The van der Waals surface area contributed by atoms with Crippen molar-refractivity contribution >= 4 is 33.2 Å². The van der Waals surface area contributed by atoms with E-state index in [2.05, 4.69) is 5.32 Å². The van der Waals surface area contributed by atoms with Gasteiger partial charge < -0.3 is 5.32 Å². The average Bonchev–Trinajstić information content (AvgIpc) is 2.44. The van der Waals surface area contributed by atoms with Gasteiger partial charge in [-0.15, -0.1) is 0 Å². The summed E-state index contributed by atoms with van der Waals surface area (Å²) in [5.74, 6) is -0.482.